The van der Waals surface area contributed by atoms with Crippen LogP contribution in [0, 0.1) is 5.82 Å². The third-order valence-corrected chi connectivity index (χ3v) is 3.19. The van der Waals surface area contributed by atoms with Crippen LogP contribution < -0.4 is 5.32 Å². The molecule has 0 bridgehead atoms. The molecule has 0 unspecified atom stereocenters. The Labute approximate surface area is 126 Å². The van der Waals surface area contributed by atoms with Gasteiger partial charge in [-0.25, -0.2) is 4.39 Å². The molecule has 0 aliphatic heterocycles. The maximum Gasteiger partial charge on any atom is 0.224 e. The fourth-order valence-corrected chi connectivity index (χ4v) is 1.98. The maximum atomic E-state index is 13.6. The number of halogens is 2. The topological polar surface area (TPSA) is 46.2 Å². The van der Waals surface area contributed by atoms with Crippen molar-refractivity contribution in [1.29, 1.82) is 0 Å². The van der Waals surface area contributed by atoms with E-state index >= 15 is 0 Å². The zero-order chi connectivity index (χ0) is 15.2. The van der Waals surface area contributed by atoms with Gasteiger partial charge in [-0.1, -0.05) is 48.0 Å². The first-order valence-corrected chi connectivity index (χ1v) is 6.78. The summed E-state index contributed by atoms with van der Waals surface area (Å²) in [6, 6.07) is 13.1. The lowest BCUT2D eigenvalue weighted by Gasteiger charge is -2.07. The van der Waals surface area contributed by atoms with Crippen molar-refractivity contribution in [1.82, 2.24) is 0 Å². The predicted octanol–water partition coefficient (Wildman–Crippen LogP) is 4.08. The summed E-state index contributed by atoms with van der Waals surface area (Å²) in [7, 11) is 0. The van der Waals surface area contributed by atoms with Crippen LogP contribution in [-0.2, 0) is 4.79 Å². The standard InChI is InChI=1S/C16H13ClFNO2/c17-12-7-4-8-13(16(12)18)19-15(21)10-9-14(20)11-5-2-1-3-6-11/h1-8H,9-10H2,(H,19,21). The van der Waals surface area contributed by atoms with E-state index in [9.17, 15) is 14.0 Å². The number of carbonyl (C=O) groups excluding carboxylic acids is 2. The molecular formula is C16H13ClFNO2. The molecule has 108 valence electrons. The third-order valence-electron chi connectivity index (χ3n) is 2.90. The highest BCUT2D eigenvalue weighted by atomic mass is 35.5. The third kappa shape index (κ3) is 4.13. The minimum Gasteiger partial charge on any atom is -0.324 e. The Kier molecular flexibility index (Phi) is 5.06. The molecule has 0 spiro atoms. The van der Waals surface area contributed by atoms with Crippen LogP contribution in [0.5, 0.6) is 0 Å². The zero-order valence-corrected chi connectivity index (χ0v) is 11.9. The number of nitrogens with one attached hydrogen (secondary N) is 1. The van der Waals surface area contributed by atoms with E-state index in [1.54, 1.807) is 24.3 Å². The van der Waals surface area contributed by atoms with E-state index < -0.39 is 11.7 Å². The normalized spacial score (nSPS) is 10.2. The molecule has 2 rings (SSSR count). The van der Waals surface area contributed by atoms with Gasteiger partial charge in [-0.2, -0.15) is 0 Å². The summed E-state index contributed by atoms with van der Waals surface area (Å²) >= 11 is 5.62. The lowest BCUT2D eigenvalue weighted by molar-refractivity contribution is -0.116. The van der Waals surface area contributed by atoms with E-state index in [4.69, 9.17) is 11.6 Å². The van der Waals surface area contributed by atoms with Gasteiger partial charge >= 0.3 is 0 Å². The molecule has 1 amide bonds. The van der Waals surface area contributed by atoms with Gasteiger partial charge in [0.1, 0.15) is 0 Å². The number of ketones is 1. The van der Waals surface area contributed by atoms with E-state index in [1.807, 2.05) is 6.07 Å². The second kappa shape index (κ2) is 6.99. The van der Waals surface area contributed by atoms with Crippen LogP contribution in [0.25, 0.3) is 0 Å². The molecule has 0 aromatic heterocycles. The summed E-state index contributed by atoms with van der Waals surface area (Å²) in [5.41, 5.74) is 0.568. The second-order valence-corrected chi connectivity index (χ2v) is 4.85. The van der Waals surface area contributed by atoms with Gasteiger partial charge < -0.3 is 5.32 Å². The smallest absolute Gasteiger partial charge is 0.224 e. The maximum absolute atomic E-state index is 13.6. The molecule has 0 atom stereocenters. The first-order chi connectivity index (χ1) is 10.1. The summed E-state index contributed by atoms with van der Waals surface area (Å²) in [5.74, 6) is -1.24. The van der Waals surface area contributed by atoms with E-state index in [0.717, 1.165) is 0 Å². The van der Waals surface area contributed by atoms with Crippen LogP contribution in [0.1, 0.15) is 23.2 Å². The Morgan fingerprint density at radius 1 is 1.00 bits per heavy atom. The predicted molar refractivity (Wildman–Crippen MR) is 80.0 cm³/mol. The number of rotatable bonds is 5. The number of hydrogen-bond donors (Lipinski definition) is 1. The van der Waals surface area contributed by atoms with E-state index in [1.165, 1.54) is 18.2 Å². The summed E-state index contributed by atoms with van der Waals surface area (Å²) in [6.45, 7) is 0. The summed E-state index contributed by atoms with van der Waals surface area (Å²) in [5, 5.41) is 2.35. The van der Waals surface area contributed by atoms with Gasteiger partial charge in [0.2, 0.25) is 5.91 Å². The Hall–Kier alpha value is -2.20. The molecule has 5 heteroatoms. The van der Waals surface area contributed by atoms with Crippen LogP contribution in [-0.4, -0.2) is 11.7 Å². The summed E-state index contributed by atoms with van der Waals surface area (Å²) in [4.78, 5) is 23.6. The largest absolute Gasteiger partial charge is 0.324 e. The van der Waals surface area contributed by atoms with Crippen molar-refractivity contribution in [2.24, 2.45) is 0 Å². The van der Waals surface area contributed by atoms with Crippen molar-refractivity contribution in [3.8, 4) is 0 Å². The highest BCUT2D eigenvalue weighted by Crippen LogP contribution is 2.22. The SMILES string of the molecule is O=C(CCC(=O)c1ccccc1)Nc1cccc(Cl)c1F. The minimum absolute atomic E-state index is 0.0136. The van der Waals surface area contributed by atoms with Gasteiger partial charge in [0.15, 0.2) is 11.6 Å². The number of hydrogen-bond acceptors (Lipinski definition) is 2. The quantitative estimate of drug-likeness (QED) is 0.846. The van der Waals surface area contributed by atoms with E-state index in [0.29, 0.717) is 5.56 Å². The van der Waals surface area contributed by atoms with Crippen molar-refractivity contribution >= 4 is 29.0 Å². The van der Waals surface area contributed by atoms with Crippen molar-refractivity contribution in [3.05, 3.63) is 64.9 Å². The van der Waals surface area contributed by atoms with Crippen LogP contribution in [0.4, 0.5) is 10.1 Å². The fourth-order valence-electron chi connectivity index (χ4n) is 1.81. The van der Waals surface area contributed by atoms with Crippen molar-refractivity contribution < 1.29 is 14.0 Å². The van der Waals surface area contributed by atoms with Gasteiger partial charge in [0.25, 0.3) is 0 Å². The average Bonchev–Trinajstić information content (AvgIpc) is 2.50. The Morgan fingerprint density at radius 2 is 1.71 bits per heavy atom. The highest BCUT2D eigenvalue weighted by Gasteiger charge is 2.12. The molecule has 0 fully saturated rings. The molecule has 3 nitrogen and oxygen atoms in total. The number of carbonyl (C=O) groups is 2. The number of Topliss-reactive ketones (excluding diaryl/α,β-unsaturated/α-hetero) is 1. The molecule has 0 saturated heterocycles. The van der Waals surface area contributed by atoms with Crippen LogP contribution in [0.2, 0.25) is 5.02 Å². The van der Waals surface area contributed by atoms with E-state index in [2.05, 4.69) is 5.32 Å². The highest BCUT2D eigenvalue weighted by molar-refractivity contribution is 6.31. The fraction of sp³-hybridized carbons (Fsp3) is 0.125. The lowest BCUT2D eigenvalue weighted by Crippen LogP contribution is -2.14. The van der Waals surface area contributed by atoms with Crippen molar-refractivity contribution in [3.63, 3.8) is 0 Å². The molecular weight excluding hydrogens is 293 g/mol. The Bertz CT molecular complexity index is 659. The molecule has 0 heterocycles. The van der Waals surface area contributed by atoms with Crippen LogP contribution in [0.15, 0.2) is 48.5 Å². The zero-order valence-electron chi connectivity index (χ0n) is 11.1. The van der Waals surface area contributed by atoms with Crippen LogP contribution >= 0.6 is 11.6 Å². The van der Waals surface area contributed by atoms with E-state index in [-0.39, 0.29) is 29.3 Å². The van der Waals surface area contributed by atoms with Gasteiger partial charge in [-0.05, 0) is 12.1 Å². The summed E-state index contributed by atoms with van der Waals surface area (Å²) in [6.07, 6.45) is 0.0533. The van der Waals surface area contributed by atoms with Crippen molar-refractivity contribution in [2.75, 3.05) is 5.32 Å². The molecule has 21 heavy (non-hydrogen) atoms. The van der Waals surface area contributed by atoms with Gasteiger partial charge in [0.05, 0.1) is 10.7 Å². The Balaban J connectivity index is 1.91. The van der Waals surface area contributed by atoms with Crippen LogP contribution in [0.3, 0.4) is 0 Å². The minimum atomic E-state index is -0.679. The number of benzene rings is 2. The average molecular weight is 306 g/mol. The Morgan fingerprint density at radius 3 is 2.43 bits per heavy atom. The molecule has 0 radical (unpaired) electrons. The first kappa shape index (κ1) is 15.2. The lowest BCUT2D eigenvalue weighted by atomic mass is 10.1. The number of anilines is 1. The summed E-state index contributed by atoms with van der Waals surface area (Å²) < 4.78 is 13.6. The molecule has 1 N–H and O–H groups in total. The molecule has 2 aromatic carbocycles. The molecule has 2 aromatic rings. The monoisotopic (exact) mass is 305 g/mol. The van der Waals surface area contributed by atoms with Gasteiger partial charge in [-0.3, -0.25) is 9.59 Å². The molecule has 0 aliphatic carbocycles. The molecule has 0 saturated carbocycles. The van der Waals surface area contributed by atoms with Gasteiger partial charge in [-0.15, -0.1) is 0 Å². The molecule has 0 aliphatic rings. The first-order valence-electron chi connectivity index (χ1n) is 6.40. The van der Waals surface area contributed by atoms with Crippen molar-refractivity contribution in [2.45, 2.75) is 12.8 Å². The number of amides is 1. The van der Waals surface area contributed by atoms with Gasteiger partial charge in [0, 0.05) is 18.4 Å². The second-order valence-electron chi connectivity index (χ2n) is 4.44.